The molecule has 156 valence electrons. The SMILES string of the molecule is Cc1cccc(OCC(=O)N(Cc2cccc(Br)c2)[C@@H](C)C(=O)NCC(C)C)c1. The van der Waals surface area contributed by atoms with Crippen molar-refractivity contribution in [1.82, 2.24) is 10.2 Å². The molecule has 29 heavy (non-hydrogen) atoms. The molecule has 0 unspecified atom stereocenters. The van der Waals surface area contributed by atoms with Crippen LogP contribution in [0.1, 0.15) is 31.9 Å². The van der Waals surface area contributed by atoms with Crippen LogP contribution in [-0.2, 0) is 16.1 Å². The number of nitrogens with zero attached hydrogens (tertiary/aromatic N) is 1. The molecule has 0 fully saturated rings. The van der Waals surface area contributed by atoms with E-state index >= 15 is 0 Å². The first-order chi connectivity index (χ1) is 13.8. The Hall–Kier alpha value is -2.34. The first kappa shape index (κ1) is 22.9. The maximum atomic E-state index is 13.0. The third-order valence-electron chi connectivity index (χ3n) is 4.45. The molecule has 0 spiro atoms. The highest BCUT2D eigenvalue weighted by molar-refractivity contribution is 9.10. The van der Waals surface area contributed by atoms with Crippen LogP contribution in [-0.4, -0.2) is 35.9 Å². The first-order valence-electron chi connectivity index (χ1n) is 9.77. The minimum absolute atomic E-state index is 0.126. The Kier molecular flexibility index (Phi) is 8.70. The molecule has 0 heterocycles. The molecule has 0 aromatic heterocycles. The number of ether oxygens (including phenoxy) is 1. The predicted octanol–water partition coefficient (Wildman–Crippen LogP) is 4.33. The predicted molar refractivity (Wildman–Crippen MR) is 119 cm³/mol. The summed E-state index contributed by atoms with van der Waals surface area (Å²) in [5.41, 5.74) is 1.99. The molecule has 1 atom stereocenters. The van der Waals surface area contributed by atoms with E-state index in [1.54, 1.807) is 11.8 Å². The Balaban J connectivity index is 2.13. The van der Waals surface area contributed by atoms with Crippen molar-refractivity contribution in [3.05, 3.63) is 64.1 Å². The molecular weight excluding hydrogens is 432 g/mol. The second-order valence-electron chi connectivity index (χ2n) is 7.57. The summed E-state index contributed by atoms with van der Waals surface area (Å²) in [6, 6.07) is 14.7. The van der Waals surface area contributed by atoms with Crippen molar-refractivity contribution in [3.8, 4) is 5.75 Å². The van der Waals surface area contributed by atoms with Crippen LogP contribution in [0.4, 0.5) is 0 Å². The maximum absolute atomic E-state index is 13.0. The lowest BCUT2D eigenvalue weighted by Gasteiger charge is -2.29. The zero-order valence-electron chi connectivity index (χ0n) is 17.4. The first-order valence-corrected chi connectivity index (χ1v) is 10.6. The van der Waals surface area contributed by atoms with Gasteiger partial charge in [-0.15, -0.1) is 0 Å². The molecule has 2 aromatic carbocycles. The number of carbonyl (C=O) groups is 2. The molecule has 2 rings (SSSR count). The number of hydrogen-bond acceptors (Lipinski definition) is 3. The molecule has 0 saturated carbocycles. The van der Waals surface area contributed by atoms with E-state index in [-0.39, 0.29) is 18.4 Å². The van der Waals surface area contributed by atoms with Gasteiger partial charge in [0.15, 0.2) is 6.61 Å². The number of hydrogen-bond donors (Lipinski definition) is 1. The topological polar surface area (TPSA) is 58.6 Å². The number of benzene rings is 2. The number of rotatable bonds is 9. The highest BCUT2D eigenvalue weighted by atomic mass is 79.9. The summed E-state index contributed by atoms with van der Waals surface area (Å²) in [5, 5.41) is 2.91. The lowest BCUT2D eigenvalue weighted by Crippen LogP contribution is -2.49. The maximum Gasteiger partial charge on any atom is 0.261 e. The van der Waals surface area contributed by atoms with Gasteiger partial charge in [-0.2, -0.15) is 0 Å². The molecule has 6 heteroatoms. The largest absolute Gasteiger partial charge is 0.484 e. The monoisotopic (exact) mass is 460 g/mol. The molecule has 0 aliphatic heterocycles. The fourth-order valence-electron chi connectivity index (χ4n) is 2.80. The van der Waals surface area contributed by atoms with E-state index in [0.717, 1.165) is 15.6 Å². The smallest absolute Gasteiger partial charge is 0.261 e. The molecule has 2 aromatic rings. The fourth-order valence-corrected chi connectivity index (χ4v) is 3.25. The van der Waals surface area contributed by atoms with Crippen molar-refractivity contribution in [2.75, 3.05) is 13.2 Å². The zero-order chi connectivity index (χ0) is 21.4. The molecule has 1 N–H and O–H groups in total. The van der Waals surface area contributed by atoms with Gasteiger partial charge in [0.1, 0.15) is 11.8 Å². The summed E-state index contributed by atoms with van der Waals surface area (Å²) in [6.45, 7) is 8.55. The van der Waals surface area contributed by atoms with E-state index in [0.29, 0.717) is 24.8 Å². The second kappa shape index (κ2) is 11.0. The van der Waals surface area contributed by atoms with E-state index in [9.17, 15) is 9.59 Å². The minimum atomic E-state index is -0.610. The van der Waals surface area contributed by atoms with E-state index in [2.05, 4.69) is 21.2 Å². The average molecular weight is 461 g/mol. The van der Waals surface area contributed by atoms with E-state index in [1.807, 2.05) is 69.3 Å². The normalized spacial score (nSPS) is 11.8. The second-order valence-corrected chi connectivity index (χ2v) is 8.49. The van der Waals surface area contributed by atoms with Crippen molar-refractivity contribution in [3.63, 3.8) is 0 Å². The quantitative estimate of drug-likeness (QED) is 0.605. The van der Waals surface area contributed by atoms with Gasteiger partial charge in [-0.25, -0.2) is 0 Å². The zero-order valence-corrected chi connectivity index (χ0v) is 19.0. The van der Waals surface area contributed by atoms with Gasteiger partial charge in [-0.1, -0.05) is 54.0 Å². The highest BCUT2D eigenvalue weighted by Crippen LogP contribution is 2.17. The summed E-state index contributed by atoms with van der Waals surface area (Å²) in [6.07, 6.45) is 0. The minimum Gasteiger partial charge on any atom is -0.484 e. The van der Waals surface area contributed by atoms with Crippen molar-refractivity contribution >= 4 is 27.7 Å². The summed E-state index contributed by atoms with van der Waals surface area (Å²) in [7, 11) is 0. The summed E-state index contributed by atoms with van der Waals surface area (Å²) in [4.78, 5) is 27.2. The van der Waals surface area contributed by atoms with E-state index in [1.165, 1.54) is 0 Å². The third kappa shape index (κ3) is 7.54. The van der Waals surface area contributed by atoms with Gasteiger partial charge < -0.3 is 15.0 Å². The van der Waals surface area contributed by atoms with Crippen molar-refractivity contribution in [2.24, 2.45) is 5.92 Å². The molecule has 0 saturated heterocycles. The Bertz CT molecular complexity index is 838. The number of aryl methyl sites for hydroxylation is 1. The van der Waals surface area contributed by atoms with Gasteiger partial charge in [-0.3, -0.25) is 9.59 Å². The summed E-state index contributed by atoms with van der Waals surface area (Å²) < 4.78 is 6.61. The van der Waals surface area contributed by atoms with Crippen LogP contribution in [0.2, 0.25) is 0 Å². The van der Waals surface area contributed by atoms with Gasteiger partial charge in [-0.05, 0) is 55.2 Å². The lowest BCUT2D eigenvalue weighted by molar-refractivity contribution is -0.142. The van der Waals surface area contributed by atoms with Gasteiger partial charge >= 0.3 is 0 Å². The number of amides is 2. The Morgan fingerprint density at radius 1 is 1.10 bits per heavy atom. The van der Waals surface area contributed by atoms with Gasteiger partial charge in [0.25, 0.3) is 5.91 Å². The van der Waals surface area contributed by atoms with Crippen LogP contribution >= 0.6 is 15.9 Å². The summed E-state index contributed by atoms with van der Waals surface area (Å²) in [5.74, 6) is 0.569. The van der Waals surface area contributed by atoms with Gasteiger partial charge in [0, 0.05) is 17.6 Å². The fraction of sp³-hybridized carbons (Fsp3) is 0.391. The Morgan fingerprint density at radius 3 is 2.48 bits per heavy atom. The van der Waals surface area contributed by atoms with Crippen LogP contribution < -0.4 is 10.1 Å². The van der Waals surface area contributed by atoms with Crippen LogP contribution in [0.25, 0.3) is 0 Å². The molecule has 0 radical (unpaired) electrons. The Morgan fingerprint density at radius 2 is 1.83 bits per heavy atom. The van der Waals surface area contributed by atoms with Crippen molar-refractivity contribution in [1.29, 1.82) is 0 Å². The molecule has 5 nitrogen and oxygen atoms in total. The number of carbonyl (C=O) groups excluding carboxylic acids is 2. The third-order valence-corrected chi connectivity index (χ3v) is 4.94. The summed E-state index contributed by atoms with van der Waals surface area (Å²) >= 11 is 3.46. The standard InChI is InChI=1S/C23H29BrN2O3/c1-16(2)13-25-23(28)18(4)26(14-19-8-6-9-20(24)12-19)22(27)15-29-21-10-5-7-17(3)11-21/h5-12,16,18H,13-15H2,1-4H3,(H,25,28)/t18-/m0/s1. The molecule has 0 aliphatic rings. The van der Waals surface area contributed by atoms with Crippen molar-refractivity contribution < 1.29 is 14.3 Å². The van der Waals surface area contributed by atoms with Crippen LogP contribution in [0.15, 0.2) is 53.0 Å². The molecular formula is C23H29BrN2O3. The lowest BCUT2D eigenvalue weighted by atomic mass is 10.1. The van der Waals surface area contributed by atoms with E-state index in [4.69, 9.17) is 4.74 Å². The highest BCUT2D eigenvalue weighted by Gasteiger charge is 2.26. The number of nitrogens with one attached hydrogen (secondary N) is 1. The Labute approximate surface area is 181 Å². The van der Waals surface area contributed by atoms with Crippen LogP contribution in [0, 0.1) is 12.8 Å². The molecule has 0 aliphatic carbocycles. The van der Waals surface area contributed by atoms with Crippen LogP contribution in [0.3, 0.4) is 0 Å². The van der Waals surface area contributed by atoms with Crippen molar-refractivity contribution in [2.45, 2.75) is 40.3 Å². The van der Waals surface area contributed by atoms with Gasteiger partial charge in [0.05, 0.1) is 0 Å². The molecule has 0 bridgehead atoms. The number of halogens is 1. The molecule has 2 amide bonds. The van der Waals surface area contributed by atoms with Gasteiger partial charge in [0.2, 0.25) is 5.91 Å². The van der Waals surface area contributed by atoms with E-state index < -0.39 is 6.04 Å². The average Bonchev–Trinajstić information content (AvgIpc) is 2.68. The van der Waals surface area contributed by atoms with Crippen LogP contribution in [0.5, 0.6) is 5.75 Å².